The first-order valence-electron chi connectivity index (χ1n) is 11.0. The smallest absolute Gasteiger partial charge is 0.321 e. The van der Waals surface area contributed by atoms with Crippen LogP contribution in [-0.2, 0) is 11.3 Å². The van der Waals surface area contributed by atoms with E-state index in [1.165, 1.54) is 11.8 Å². The Kier molecular flexibility index (Phi) is 6.94. The van der Waals surface area contributed by atoms with Crippen LogP contribution in [0.2, 0.25) is 0 Å². The van der Waals surface area contributed by atoms with Gasteiger partial charge in [0.15, 0.2) is 0 Å². The van der Waals surface area contributed by atoms with E-state index < -0.39 is 18.1 Å². The zero-order valence-corrected chi connectivity index (χ0v) is 18.5. The molecule has 33 heavy (non-hydrogen) atoms. The molecule has 2 aliphatic rings. The molecule has 8 nitrogen and oxygen atoms in total. The van der Waals surface area contributed by atoms with Crippen molar-refractivity contribution in [1.29, 1.82) is 0 Å². The average molecular weight is 449 g/mol. The molecular weight excluding hydrogens is 420 g/mol. The van der Waals surface area contributed by atoms with Crippen molar-refractivity contribution < 1.29 is 19.9 Å². The van der Waals surface area contributed by atoms with Crippen LogP contribution in [0.15, 0.2) is 54.6 Å². The number of carbonyl (C=O) groups is 2. The number of hydrogen-bond acceptors (Lipinski definition) is 5. The number of piperazine rings is 1. The number of nitrogens with one attached hydrogen (secondary N) is 1. The van der Waals surface area contributed by atoms with Crippen LogP contribution in [0.3, 0.4) is 0 Å². The molecule has 3 N–H and O–H groups in total. The Bertz CT molecular complexity index is 1050. The summed E-state index contributed by atoms with van der Waals surface area (Å²) in [6.07, 6.45) is -1.10. The number of rotatable bonds is 5. The Morgan fingerprint density at radius 3 is 2.36 bits per heavy atom. The first-order valence-corrected chi connectivity index (χ1v) is 11.0. The van der Waals surface area contributed by atoms with E-state index in [-0.39, 0.29) is 12.1 Å². The Balaban J connectivity index is 1.37. The van der Waals surface area contributed by atoms with Crippen LogP contribution in [-0.4, -0.2) is 81.3 Å². The van der Waals surface area contributed by atoms with Crippen molar-refractivity contribution in [3.63, 3.8) is 0 Å². The van der Waals surface area contributed by atoms with E-state index in [0.717, 1.165) is 29.8 Å². The number of hydrogen-bond donors (Lipinski definition) is 3. The number of aliphatic hydroxyl groups is 1. The lowest BCUT2D eigenvalue weighted by atomic mass is 10.1. The van der Waals surface area contributed by atoms with Gasteiger partial charge in [0.1, 0.15) is 6.04 Å². The highest BCUT2D eigenvalue weighted by Gasteiger charge is 2.46. The van der Waals surface area contributed by atoms with E-state index in [4.69, 9.17) is 5.21 Å². The Hall–Kier alpha value is -3.38. The second-order valence-corrected chi connectivity index (χ2v) is 8.49. The number of benzene rings is 2. The quantitative estimate of drug-likeness (QED) is 0.364. The van der Waals surface area contributed by atoms with E-state index in [0.29, 0.717) is 19.6 Å². The summed E-state index contributed by atoms with van der Waals surface area (Å²) in [5.74, 6) is 5.55. The minimum atomic E-state index is -1.12. The van der Waals surface area contributed by atoms with Gasteiger partial charge in [0.05, 0.1) is 12.1 Å². The first-order chi connectivity index (χ1) is 16.0. The normalized spacial score (nSPS) is 20.0. The Morgan fingerprint density at radius 2 is 1.73 bits per heavy atom. The van der Waals surface area contributed by atoms with Gasteiger partial charge < -0.3 is 14.9 Å². The van der Waals surface area contributed by atoms with Crippen LogP contribution in [0.5, 0.6) is 0 Å². The van der Waals surface area contributed by atoms with Crippen LogP contribution >= 0.6 is 0 Å². The van der Waals surface area contributed by atoms with Gasteiger partial charge in [-0.1, -0.05) is 42.2 Å². The van der Waals surface area contributed by atoms with Gasteiger partial charge in [-0.3, -0.25) is 14.9 Å². The molecule has 2 aliphatic heterocycles. The number of urea groups is 1. The fourth-order valence-corrected chi connectivity index (χ4v) is 4.48. The van der Waals surface area contributed by atoms with E-state index in [2.05, 4.69) is 28.9 Å². The predicted molar refractivity (Wildman–Crippen MR) is 122 cm³/mol. The van der Waals surface area contributed by atoms with E-state index >= 15 is 0 Å². The summed E-state index contributed by atoms with van der Waals surface area (Å²) in [4.78, 5) is 30.2. The Morgan fingerprint density at radius 1 is 1.06 bits per heavy atom. The fourth-order valence-electron chi connectivity index (χ4n) is 4.48. The largest absolute Gasteiger partial charge is 0.391 e. The summed E-state index contributed by atoms with van der Waals surface area (Å²) in [5, 5.41) is 19.0. The second kappa shape index (κ2) is 10.0. The highest BCUT2D eigenvalue weighted by atomic mass is 16.5. The molecule has 2 fully saturated rings. The zero-order valence-electron chi connectivity index (χ0n) is 18.5. The number of nitrogens with zero attached hydrogens (tertiary/aromatic N) is 3. The minimum absolute atomic E-state index is 0.0741. The molecule has 2 heterocycles. The number of carbonyl (C=O) groups excluding carboxylic acids is 2. The summed E-state index contributed by atoms with van der Waals surface area (Å²) in [5.41, 5.74) is 4.66. The lowest BCUT2D eigenvalue weighted by Gasteiger charge is -2.36. The molecule has 0 aliphatic carbocycles. The molecule has 8 heteroatoms. The van der Waals surface area contributed by atoms with Crippen LogP contribution in [0, 0.1) is 11.8 Å². The third kappa shape index (κ3) is 5.17. The molecule has 2 saturated heterocycles. The van der Waals surface area contributed by atoms with Crippen molar-refractivity contribution in [2.24, 2.45) is 0 Å². The molecule has 172 valence electrons. The average Bonchev–Trinajstić information content (AvgIpc) is 3.14. The van der Waals surface area contributed by atoms with E-state index in [9.17, 15) is 14.7 Å². The molecule has 0 radical (unpaired) electrons. The predicted octanol–water partition coefficient (Wildman–Crippen LogP) is 1.26. The summed E-state index contributed by atoms with van der Waals surface area (Å²) in [6.45, 7) is 4.45. The molecule has 0 bridgehead atoms. The van der Waals surface area contributed by atoms with E-state index in [1.54, 1.807) is 10.4 Å². The van der Waals surface area contributed by atoms with Gasteiger partial charge in [0.2, 0.25) is 0 Å². The van der Waals surface area contributed by atoms with Crippen molar-refractivity contribution in [3.8, 4) is 11.8 Å². The Labute approximate surface area is 193 Å². The number of hydroxylamine groups is 1. The fraction of sp³-hybridized carbons (Fsp3) is 0.360. The summed E-state index contributed by atoms with van der Waals surface area (Å²) in [7, 11) is 0. The van der Waals surface area contributed by atoms with Gasteiger partial charge in [-0.2, -0.15) is 0 Å². The summed E-state index contributed by atoms with van der Waals surface area (Å²) < 4.78 is 0. The van der Waals surface area contributed by atoms with Gasteiger partial charge in [-0.05, 0) is 36.8 Å². The zero-order chi connectivity index (χ0) is 23.4. The van der Waals surface area contributed by atoms with E-state index in [1.807, 2.05) is 42.5 Å². The molecule has 4 rings (SSSR count). The van der Waals surface area contributed by atoms with Gasteiger partial charge >= 0.3 is 6.03 Å². The van der Waals surface area contributed by atoms with Gasteiger partial charge in [0.25, 0.3) is 5.91 Å². The monoisotopic (exact) mass is 448 g/mol. The maximum absolute atomic E-state index is 12.8. The number of fused-ring (bicyclic) bond motifs is 1. The molecule has 2 aromatic rings. The molecular formula is C25H28N4O4. The molecule has 3 atom stereocenters. The van der Waals surface area contributed by atoms with Crippen molar-refractivity contribution in [2.45, 2.75) is 31.7 Å². The maximum Gasteiger partial charge on any atom is 0.321 e. The summed E-state index contributed by atoms with van der Waals surface area (Å²) >= 11 is 0. The molecule has 0 saturated carbocycles. The van der Waals surface area contributed by atoms with Gasteiger partial charge in [-0.25, -0.2) is 10.3 Å². The SMILES string of the molecule is C[C@@H](O)[C@@H](C(=O)NO)N1CC2CN(Cc3ccc(C#Cc4ccccc4)cc3)CCN2C1=O. The van der Waals surface area contributed by atoms with Crippen LogP contribution in [0.4, 0.5) is 4.79 Å². The molecule has 3 amide bonds. The highest BCUT2D eigenvalue weighted by molar-refractivity contribution is 5.88. The lowest BCUT2D eigenvalue weighted by Crippen LogP contribution is -2.53. The first kappa shape index (κ1) is 22.8. The molecule has 0 spiro atoms. The van der Waals surface area contributed by atoms with Crippen LogP contribution in [0.1, 0.15) is 23.6 Å². The lowest BCUT2D eigenvalue weighted by molar-refractivity contribution is -0.137. The summed E-state index contributed by atoms with van der Waals surface area (Å²) in [6, 6.07) is 16.6. The van der Waals surface area contributed by atoms with Crippen molar-refractivity contribution in [1.82, 2.24) is 20.2 Å². The van der Waals surface area contributed by atoms with Crippen molar-refractivity contribution >= 4 is 11.9 Å². The van der Waals surface area contributed by atoms with Crippen LogP contribution < -0.4 is 5.48 Å². The van der Waals surface area contributed by atoms with Crippen molar-refractivity contribution in [2.75, 3.05) is 26.2 Å². The highest BCUT2D eigenvalue weighted by Crippen LogP contribution is 2.25. The second-order valence-electron chi connectivity index (χ2n) is 8.49. The topological polar surface area (TPSA) is 96.3 Å². The van der Waals surface area contributed by atoms with Gasteiger partial charge in [-0.15, -0.1) is 0 Å². The number of aliphatic hydroxyl groups excluding tert-OH is 1. The molecule has 1 unspecified atom stereocenters. The maximum atomic E-state index is 12.8. The molecule has 2 aromatic carbocycles. The third-order valence-electron chi connectivity index (χ3n) is 6.12. The van der Waals surface area contributed by atoms with Crippen molar-refractivity contribution in [3.05, 3.63) is 71.3 Å². The number of amides is 3. The standard InChI is InChI=1S/C25H28N4O4/c1-18(30)23(24(31)26-33)29-17-22-16-27(13-14-28(22)25(29)32)15-21-11-9-20(10-12-21)8-7-19-5-3-2-4-6-19/h2-6,9-12,18,22-23,30,33H,13-17H2,1H3,(H,26,31)/t18-,22?,23+/m1/s1. The third-order valence-corrected chi connectivity index (χ3v) is 6.12. The van der Waals surface area contributed by atoms with Crippen LogP contribution in [0.25, 0.3) is 0 Å². The minimum Gasteiger partial charge on any atom is -0.391 e. The molecule has 0 aromatic heterocycles. The van der Waals surface area contributed by atoms with Gasteiger partial charge in [0, 0.05) is 43.9 Å².